The van der Waals surface area contributed by atoms with Gasteiger partial charge in [-0.3, -0.25) is 4.79 Å². The molecule has 0 aromatic heterocycles. The van der Waals surface area contributed by atoms with Crippen LogP contribution < -0.4 is 0 Å². The number of carboxylic acid groups (broad SMARTS) is 1. The van der Waals surface area contributed by atoms with Crippen molar-refractivity contribution < 1.29 is 84.9 Å². The van der Waals surface area contributed by atoms with Crippen molar-refractivity contribution >= 4 is 17.8 Å². The second kappa shape index (κ2) is 43.0. The summed E-state index contributed by atoms with van der Waals surface area (Å²) in [5.41, 5.74) is 12.5. The van der Waals surface area contributed by atoms with Crippen molar-refractivity contribution in [3.8, 4) is 0 Å². The van der Waals surface area contributed by atoms with Crippen LogP contribution in [0.1, 0.15) is 26.7 Å². The van der Waals surface area contributed by atoms with E-state index >= 15 is 0 Å². The van der Waals surface area contributed by atoms with Crippen LogP contribution in [0.3, 0.4) is 0 Å². The number of nitrogens with one attached hydrogen (secondary N) is 2. The van der Waals surface area contributed by atoms with Crippen LogP contribution in [0.15, 0.2) is 38.0 Å². The number of hydrogen-bond donors (Lipinski definition) is 1. The number of carboxylic acids is 1. The van der Waals surface area contributed by atoms with E-state index in [2.05, 4.69) is 19.7 Å². The molecule has 0 aliphatic carbocycles. The summed E-state index contributed by atoms with van der Waals surface area (Å²) in [5.74, 6) is -1.99. The van der Waals surface area contributed by atoms with Crippen LogP contribution in [-0.2, 0) is 79.8 Å². The van der Waals surface area contributed by atoms with Crippen LogP contribution in [0.4, 0.5) is 0 Å². The zero-order valence-corrected chi connectivity index (χ0v) is 18.1. The monoisotopic (exact) mass is 480 g/mol. The third kappa shape index (κ3) is 111. The second-order valence-electron chi connectivity index (χ2n) is 2.72. The van der Waals surface area contributed by atoms with E-state index in [4.69, 9.17) is 16.6 Å². The fourth-order valence-corrected chi connectivity index (χ4v) is 0.386. The molecule has 10 heteroatoms. The molecule has 0 rings (SSSR count). The summed E-state index contributed by atoms with van der Waals surface area (Å²) in [4.78, 5) is 28.8. The summed E-state index contributed by atoms with van der Waals surface area (Å²) < 4.78 is 0. The first-order valence-electron chi connectivity index (χ1n) is 4.85. The van der Waals surface area contributed by atoms with Gasteiger partial charge in [0.05, 0.1) is 18.2 Å². The molecule has 0 spiro atoms. The Morgan fingerprint density at radius 2 is 1.00 bits per heavy atom. The Morgan fingerprint density at radius 1 is 0.783 bits per heavy atom. The smallest absolute Gasteiger partial charge is 0.307 e. The van der Waals surface area contributed by atoms with Gasteiger partial charge in [0.1, 0.15) is 0 Å². The first kappa shape index (κ1) is 49.5. The molecule has 132 valence electrons. The van der Waals surface area contributed by atoms with E-state index < -0.39 is 17.8 Å². The van der Waals surface area contributed by atoms with Crippen molar-refractivity contribution in [3.05, 3.63) is 61.7 Å². The second-order valence-corrected chi connectivity index (χ2v) is 2.72. The molecule has 0 atom stereocenters. The average Bonchev–Trinajstić information content (AvgIpc) is 2.18. The van der Waals surface area contributed by atoms with Crippen molar-refractivity contribution in [1.29, 1.82) is 0 Å². The predicted molar refractivity (Wildman–Crippen MR) is 88.0 cm³/mol. The Balaban J connectivity index is -0.0000000221. The van der Waals surface area contributed by atoms with Gasteiger partial charge in [-0.15, -0.1) is 19.7 Å². The Morgan fingerprint density at radius 3 is 1.00 bits per heavy atom. The van der Waals surface area contributed by atoms with E-state index in [1.807, 2.05) is 0 Å². The quantitative estimate of drug-likeness (QED) is 0.525. The van der Waals surface area contributed by atoms with Crippen LogP contribution >= 0.6 is 0 Å². The predicted octanol–water partition coefficient (Wildman–Crippen LogP) is 5.00. The summed E-state index contributed by atoms with van der Waals surface area (Å²) in [6.07, 6.45) is 4.56. The van der Waals surface area contributed by atoms with Gasteiger partial charge in [-0.1, -0.05) is 25.7 Å². The molecule has 7 N–H and O–H groups in total. The summed E-state index contributed by atoms with van der Waals surface area (Å²) in [6.45, 7) is 9.74. The third-order valence-electron chi connectivity index (χ3n) is 0.978. The molecule has 8 nitrogen and oxygen atoms in total. The van der Waals surface area contributed by atoms with Gasteiger partial charge in [0.15, 0.2) is 0 Å². The number of carbonyl (C=O) groups is 3. The Kier molecular flexibility index (Phi) is 92.6. The molecule has 0 aromatic rings. The largest absolute Gasteiger partial charge is 0.693 e. The number of hydrogen-bond acceptors (Lipinski definition) is 3. The minimum absolute atomic E-state index is 0. The molecular formula is C13H26N4O4Y2-4. The van der Waals surface area contributed by atoms with Crippen LogP contribution in [0, 0.1) is 0 Å². The van der Waals surface area contributed by atoms with Crippen LogP contribution in [0.2, 0.25) is 0 Å². The van der Waals surface area contributed by atoms with Gasteiger partial charge in [-0.2, -0.15) is 0 Å². The fourth-order valence-electron chi connectivity index (χ4n) is 0.386. The van der Waals surface area contributed by atoms with Gasteiger partial charge in [0, 0.05) is 78.3 Å². The SMILES string of the molecule is C.C=CCC(=O)O.C=CCC([NH-])=O.C=CCC([NH-])=O.[NH2-].[NH2-].[Y].[Y]. The van der Waals surface area contributed by atoms with Crippen molar-refractivity contribution in [2.75, 3.05) is 0 Å². The van der Waals surface area contributed by atoms with Gasteiger partial charge in [-0.25, -0.2) is 0 Å². The molecule has 0 aliphatic heterocycles. The van der Waals surface area contributed by atoms with Crippen LogP contribution in [-0.4, -0.2) is 22.9 Å². The number of nitrogens with two attached hydrogens (primary N) is 2. The van der Waals surface area contributed by atoms with E-state index in [0.29, 0.717) is 0 Å². The number of carbonyl (C=O) groups excluding carboxylic acids is 2. The summed E-state index contributed by atoms with van der Waals surface area (Å²) in [5, 5.41) is 7.84. The van der Waals surface area contributed by atoms with E-state index in [9.17, 15) is 14.4 Å². The Hall–Kier alpha value is -0.242. The van der Waals surface area contributed by atoms with Gasteiger partial charge >= 0.3 is 5.97 Å². The zero-order chi connectivity index (χ0) is 15.0. The number of amides is 2. The molecule has 2 amide bonds. The van der Waals surface area contributed by atoms with E-state index in [0.717, 1.165) is 0 Å². The molecule has 0 saturated carbocycles. The van der Waals surface area contributed by atoms with E-state index in [1.165, 1.54) is 18.2 Å². The molecule has 0 heterocycles. The molecule has 0 unspecified atom stereocenters. The summed E-state index contributed by atoms with van der Waals surface area (Å²) in [6, 6.07) is 0. The maximum absolute atomic E-state index is 9.64. The minimum atomic E-state index is -0.829. The molecule has 0 aliphatic rings. The van der Waals surface area contributed by atoms with Crippen molar-refractivity contribution in [1.82, 2.24) is 0 Å². The molecule has 0 fully saturated rings. The summed E-state index contributed by atoms with van der Waals surface area (Å²) >= 11 is 0. The van der Waals surface area contributed by atoms with E-state index in [1.54, 1.807) is 0 Å². The number of aliphatic carboxylic acids is 1. The molecular weight excluding hydrogens is 454 g/mol. The van der Waals surface area contributed by atoms with Crippen LogP contribution in [0.5, 0.6) is 0 Å². The molecule has 23 heavy (non-hydrogen) atoms. The van der Waals surface area contributed by atoms with Crippen molar-refractivity contribution in [3.63, 3.8) is 0 Å². The Bertz CT molecular complexity index is 267. The molecule has 0 saturated heterocycles. The van der Waals surface area contributed by atoms with Crippen molar-refractivity contribution in [2.45, 2.75) is 26.7 Å². The zero-order valence-electron chi connectivity index (χ0n) is 12.5. The fraction of sp³-hybridized carbons (Fsp3) is 0.308. The normalized spacial score (nSPS) is 5.74. The third-order valence-corrected chi connectivity index (χ3v) is 0.978. The average molecular weight is 480 g/mol. The first-order valence-corrected chi connectivity index (χ1v) is 4.85. The van der Waals surface area contributed by atoms with Gasteiger partial charge in [-0.05, 0) is 0 Å². The summed E-state index contributed by atoms with van der Waals surface area (Å²) in [7, 11) is 0. The van der Waals surface area contributed by atoms with Crippen LogP contribution in [0.25, 0.3) is 23.8 Å². The minimum Gasteiger partial charge on any atom is -0.693 e. The topological polar surface area (TPSA) is 186 Å². The molecule has 0 aromatic carbocycles. The maximum Gasteiger partial charge on any atom is 0.307 e. The standard InChI is InChI=1S/2C4H7NO.C4H6O2.CH4.2H2N.2Y/c3*1-2-3-4(5)6;;;;;/h2*2H,1,3H2,(H2,5,6);2H,1,3H2,(H,5,6);1H4;2*1H2;;/q;;;;2*-1;;/p-2. The molecule has 2 radical (unpaired) electrons. The Labute approximate surface area is 189 Å². The van der Waals surface area contributed by atoms with Gasteiger partial charge in [0.2, 0.25) is 0 Å². The first-order chi connectivity index (χ1) is 8.31. The maximum atomic E-state index is 9.64. The number of rotatable bonds is 6. The van der Waals surface area contributed by atoms with E-state index in [-0.39, 0.29) is 104 Å². The van der Waals surface area contributed by atoms with Crippen molar-refractivity contribution in [2.24, 2.45) is 0 Å². The van der Waals surface area contributed by atoms with Gasteiger partial charge in [0.25, 0.3) is 0 Å². The molecule has 0 bridgehead atoms. The van der Waals surface area contributed by atoms with Gasteiger partial charge < -0.3 is 38.5 Å².